The van der Waals surface area contributed by atoms with Crippen LogP contribution in [0.1, 0.15) is 30.5 Å². The molecule has 0 aliphatic rings. The number of amides is 1. The molecule has 6 heteroatoms. The van der Waals surface area contributed by atoms with Gasteiger partial charge in [0.25, 0.3) is 0 Å². The number of thioether (sulfide) groups is 1. The second kappa shape index (κ2) is 10.3. The van der Waals surface area contributed by atoms with Crippen LogP contribution in [0.25, 0.3) is 11.4 Å². The largest absolute Gasteiger partial charge is 0.325 e. The van der Waals surface area contributed by atoms with Crippen LogP contribution in [0.15, 0.2) is 60.3 Å². The monoisotopic (exact) mass is 420 g/mol. The van der Waals surface area contributed by atoms with Crippen LogP contribution in [0, 0.1) is 6.92 Å². The Labute approximate surface area is 182 Å². The van der Waals surface area contributed by atoms with Gasteiger partial charge in [-0.1, -0.05) is 73.6 Å². The molecule has 30 heavy (non-hydrogen) atoms. The first kappa shape index (κ1) is 21.8. The molecule has 156 valence electrons. The molecule has 5 nitrogen and oxygen atoms in total. The number of benzene rings is 2. The summed E-state index contributed by atoms with van der Waals surface area (Å²) in [5, 5.41) is 12.5. The minimum absolute atomic E-state index is 0.0409. The third-order valence-electron chi connectivity index (χ3n) is 4.90. The van der Waals surface area contributed by atoms with Gasteiger partial charge >= 0.3 is 0 Å². The van der Waals surface area contributed by atoms with E-state index in [1.165, 1.54) is 11.8 Å². The van der Waals surface area contributed by atoms with Crippen LogP contribution in [-0.4, -0.2) is 26.4 Å². The lowest BCUT2D eigenvalue weighted by Crippen LogP contribution is -2.17. The molecule has 1 N–H and O–H groups in total. The minimum Gasteiger partial charge on any atom is -0.325 e. The summed E-state index contributed by atoms with van der Waals surface area (Å²) in [7, 11) is 0. The molecule has 0 bridgehead atoms. The predicted octanol–water partition coefficient (Wildman–Crippen LogP) is 5.30. The average molecular weight is 421 g/mol. The highest BCUT2D eigenvalue weighted by Gasteiger charge is 2.16. The molecule has 0 atom stereocenters. The maximum atomic E-state index is 12.7. The number of para-hydroxylation sites is 1. The molecule has 0 spiro atoms. The third-order valence-corrected chi connectivity index (χ3v) is 5.87. The van der Waals surface area contributed by atoms with Crippen LogP contribution in [0.4, 0.5) is 5.69 Å². The van der Waals surface area contributed by atoms with Crippen LogP contribution in [0.2, 0.25) is 0 Å². The van der Waals surface area contributed by atoms with Gasteiger partial charge in [-0.25, -0.2) is 0 Å². The van der Waals surface area contributed by atoms with Gasteiger partial charge in [-0.3, -0.25) is 9.36 Å². The number of aromatic nitrogens is 3. The summed E-state index contributed by atoms with van der Waals surface area (Å²) >= 11 is 1.39. The molecule has 0 saturated heterocycles. The number of hydrogen-bond donors (Lipinski definition) is 1. The zero-order valence-corrected chi connectivity index (χ0v) is 18.6. The lowest BCUT2D eigenvalue weighted by Gasteiger charge is -2.14. The lowest BCUT2D eigenvalue weighted by atomic mass is 10.0. The van der Waals surface area contributed by atoms with E-state index in [0.717, 1.165) is 46.6 Å². The minimum atomic E-state index is -0.0409. The number of nitrogens with zero attached hydrogens (tertiary/aromatic N) is 3. The Balaban J connectivity index is 1.76. The zero-order valence-electron chi connectivity index (χ0n) is 17.8. The lowest BCUT2D eigenvalue weighted by molar-refractivity contribution is -0.113. The normalized spacial score (nSPS) is 10.8. The van der Waals surface area contributed by atoms with E-state index in [1.54, 1.807) is 0 Å². The highest BCUT2D eigenvalue weighted by molar-refractivity contribution is 7.99. The Morgan fingerprint density at radius 3 is 2.47 bits per heavy atom. The zero-order chi connectivity index (χ0) is 21.5. The summed E-state index contributed by atoms with van der Waals surface area (Å²) < 4.78 is 2.00. The number of rotatable bonds is 9. The van der Waals surface area contributed by atoms with E-state index in [4.69, 9.17) is 0 Å². The van der Waals surface area contributed by atoms with Gasteiger partial charge in [0.1, 0.15) is 0 Å². The molecule has 1 amide bonds. The van der Waals surface area contributed by atoms with E-state index in [-0.39, 0.29) is 11.7 Å². The second-order valence-electron chi connectivity index (χ2n) is 7.07. The summed E-state index contributed by atoms with van der Waals surface area (Å²) in [5.74, 6) is 1.01. The molecule has 0 fully saturated rings. The average Bonchev–Trinajstić information content (AvgIpc) is 3.15. The molecule has 1 heterocycles. The first-order valence-electron chi connectivity index (χ1n) is 10.2. The number of anilines is 1. The van der Waals surface area contributed by atoms with Crippen LogP contribution in [0.3, 0.4) is 0 Å². The second-order valence-corrected chi connectivity index (χ2v) is 8.01. The van der Waals surface area contributed by atoms with Crippen molar-refractivity contribution in [2.45, 2.75) is 45.3 Å². The highest BCUT2D eigenvalue weighted by Crippen LogP contribution is 2.26. The van der Waals surface area contributed by atoms with Gasteiger partial charge < -0.3 is 5.32 Å². The van der Waals surface area contributed by atoms with Crippen molar-refractivity contribution in [2.75, 3.05) is 11.1 Å². The molecule has 1 aromatic heterocycles. The van der Waals surface area contributed by atoms with Crippen molar-refractivity contribution in [1.82, 2.24) is 14.8 Å². The summed E-state index contributed by atoms with van der Waals surface area (Å²) in [6.07, 6.45) is 3.58. The Bertz CT molecular complexity index is 1020. The molecule has 0 radical (unpaired) electrons. The molecular formula is C24H28N4OS. The fourth-order valence-corrected chi connectivity index (χ4v) is 4.14. The van der Waals surface area contributed by atoms with Crippen molar-refractivity contribution in [3.05, 3.63) is 71.8 Å². The van der Waals surface area contributed by atoms with Crippen LogP contribution in [-0.2, 0) is 24.2 Å². The van der Waals surface area contributed by atoms with Crippen LogP contribution < -0.4 is 5.32 Å². The number of aryl methyl sites for hydroxylation is 3. The Hall–Kier alpha value is -2.86. The van der Waals surface area contributed by atoms with Crippen molar-refractivity contribution in [3.63, 3.8) is 0 Å². The van der Waals surface area contributed by atoms with E-state index in [1.807, 2.05) is 28.8 Å². The fraction of sp³-hybridized carbons (Fsp3) is 0.292. The molecule has 3 rings (SSSR count). The van der Waals surface area contributed by atoms with Crippen molar-refractivity contribution >= 4 is 23.4 Å². The van der Waals surface area contributed by atoms with Crippen LogP contribution >= 0.6 is 11.8 Å². The van der Waals surface area contributed by atoms with E-state index in [9.17, 15) is 4.79 Å². The molecule has 3 aromatic rings. The number of carbonyl (C=O) groups is 1. The van der Waals surface area contributed by atoms with Crippen molar-refractivity contribution in [2.24, 2.45) is 0 Å². The summed E-state index contributed by atoms with van der Waals surface area (Å²) in [4.78, 5) is 12.7. The third kappa shape index (κ3) is 5.00. The number of allylic oxidation sites excluding steroid dienone is 1. The van der Waals surface area contributed by atoms with Gasteiger partial charge in [-0.05, 0) is 37.0 Å². The first-order chi connectivity index (χ1) is 14.6. The topological polar surface area (TPSA) is 59.8 Å². The quantitative estimate of drug-likeness (QED) is 0.377. The van der Waals surface area contributed by atoms with Gasteiger partial charge in [0.15, 0.2) is 11.0 Å². The van der Waals surface area contributed by atoms with E-state index in [0.29, 0.717) is 11.7 Å². The van der Waals surface area contributed by atoms with Crippen molar-refractivity contribution in [3.8, 4) is 11.4 Å². The summed E-state index contributed by atoms with van der Waals surface area (Å²) in [6.45, 7) is 10.7. The van der Waals surface area contributed by atoms with Crippen LogP contribution in [0.5, 0.6) is 0 Å². The standard InChI is InChI=1S/C24H28N4OS/c1-5-14-28-23(20-13-8-10-17(4)15-20)26-27-24(28)30-16-21(29)25-22-18(6-2)11-9-12-19(22)7-3/h5,8-13,15H,1,6-7,14,16H2,2-4H3,(H,25,29). The van der Waals surface area contributed by atoms with Gasteiger partial charge in [-0.2, -0.15) is 0 Å². The van der Waals surface area contributed by atoms with Crippen molar-refractivity contribution < 1.29 is 4.79 Å². The maximum Gasteiger partial charge on any atom is 0.234 e. The molecule has 0 unspecified atom stereocenters. The van der Waals surface area contributed by atoms with Gasteiger partial charge in [0.05, 0.1) is 5.75 Å². The van der Waals surface area contributed by atoms with Gasteiger partial charge in [0.2, 0.25) is 5.91 Å². The van der Waals surface area contributed by atoms with E-state index in [2.05, 4.69) is 67.1 Å². The van der Waals surface area contributed by atoms with Gasteiger partial charge in [0, 0.05) is 17.8 Å². The Morgan fingerprint density at radius 2 is 1.83 bits per heavy atom. The molecule has 0 saturated carbocycles. The van der Waals surface area contributed by atoms with E-state index < -0.39 is 0 Å². The van der Waals surface area contributed by atoms with Gasteiger partial charge in [-0.15, -0.1) is 16.8 Å². The SMILES string of the molecule is C=CCn1c(SCC(=O)Nc2c(CC)cccc2CC)nnc1-c1cccc(C)c1. The summed E-state index contributed by atoms with van der Waals surface area (Å²) in [6, 6.07) is 14.3. The number of carbonyl (C=O) groups excluding carboxylic acids is 1. The smallest absolute Gasteiger partial charge is 0.234 e. The molecule has 2 aromatic carbocycles. The first-order valence-corrected chi connectivity index (χ1v) is 11.2. The number of nitrogens with one attached hydrogen (secondary N) is 1. The Morgan fingerprint density at radius 1 is 1.13 bits per heavy atom. The molecule has 0 aliphatic heterocycles. The van der Waals surface area contributed by atoms with E-state index >= 15 is 0 Å². The molecule has 0 aliphatic carbocycles. The highest BCUT2D eigenvalue weighted by atomic mass is 32.2. The fourth-order valence-electron chi connectivity index (χ4n) is 3.40. The van der Waals surface area contributed by atoms with Crippen molar-refractivity contribution in [1.29, 1.82) is 0 Å². The predicted molar refractivity (Wildman–Crippen MR) is 125 cm³/mol. The summed E-state index contributed by atoms with van der Waals surface area (Å²) in [5.41, 5.74) is 5.43. The maximum absolute atomic E-state index is 12.7. The molecular weight excluding hydrogens is 392 g/mol. The number of hydrogen-bond acceptors (Lipinski definition) is 4. The Kier molecular flexibility index (Phi) is 7.46.